The Morgan fingerprint density at radius 2 is 1.97 bits per heavy atom. The Kier molecular flexibility index (Phi) is 6.47. The quantitative estimate of drug-likeness (QED) is 0.531. The van der Waals surface area contributed by atoms with Gasteiger partial charge in [-0.15, -0.1) is 11.3 Å². The fraction of sp³-hybridized carbons (Fsp3) is 0.190. The van der Waals surface area contributed by atoms with Crippen LogP contribution in [0.4, 0.5) is 9.18 Å². The maximum absolute atomic E-state index is 13.8. The number of carbonyl (C=O) groups is 3. The normalized spacial score (nSPS) is 15.2. The summed E-state index contributed by atoms with van der Waals surface area (Å²) in [5.41, 5.74) is 0.0141. The molecule has 164 valence electrons. The Bertz CT molecular complexity index is 1300. The molecule has 0 aliphatic carbocycles. The van der Waals surface area contributed by atoms with Crippen molar-refractivity contribution in [2.75, 3.05) is 13.1 Å². The first-order valence-electron chi connectivity index (χ1n) is 9.63. The first-order valence-corrected chi connectivity index (χ1v) is 11.3. The monoisotopic (exact) mass is 472 g/mol. The van der Waals surface area contributed by atoms with E-state index in [0.717, 1.165) is 16.7 Å². The van der Waals surface area contributed by atoms with E-state index in [1.807, 2.05) is 0 Å². The number of thiophene rings is 1. The number of nitrogens with zero attached hydrogens (tertiary/aromatic N) is 3. The van der Waals surface area contributed by atoms with E-state index in [-0.39, 0.29) is 48.0 Å². The molecule has 8 nitrogen and oxygen atoms in total. The minimum atomic E-state index is -0.529. The molecule has 0 spiro atoms. The molecule has 4 rings (SSSR count). The van der Waals surface area contributed by atoms with Crippen LogP contribution in [-0.2, 0) is 16.1 Å². The van der Waals surface area contributed by atoms with E-state index in [0.29, 0.717) is 10.2 Å². The van der Waals surface area contributed by atoms with Crippen LogP contribution in [0.2, 0.25) is 0 Å². The molecule has 1 saturated heterocycles. The standard InChI is InChI=1S/C21H17FN4O4S2/c22-15-4-2-1-3-13(15)11-16-20(29)26(21(30)32-16)9-7-23-17(27)5-8-25-12-24-18-14(19(25)28)6-10-31-18/h1-4,6,10-12H,5,7-9H2,(H,23,27)/b16-11-. The minimum absolute atomic E-state index is 0.00656. The highest BCUT2D eigenvalue weighted by Crippen LogP contribution is 2.32. The summed E-state index contributed by atoms with van der Waals surface area (Å²) in [6, 6.07) is 7.66. The zero-order valence-corrected chi connectivity index (χ0v) is 18.2. The molecular weight excluding hydrogens is 455 g/mol. The van der Waals surface area contributed by atoms with Gasteiger partial charge in [0, 0.05) is 31.6 Å². The Morgan fingerprint density at radius 1 is 1.16 bits per heavy atom. The van der Waals surface area contributed by atoms with E-state index in [2.05, 4.69) is 10.3 Å². The molecule has 0 bridgehead atoms. The van der Waals surface area contributed by atoms with Crippen molar-refractivity contribution in [1.82, 2.24) is 19.8 Å². The Balaban J connectivity index is 1.29. The smallest absolute Gasteiger partial charge is 0.293 e. The van der Waals surface area contributed by atoms with Gasteiger partial charge in [0.25, 0.3) is 16.7 Å². The van der Waals surface area contributed by atoms with E-state index in [1.165, 1.54) is 46.5 Å². The number of aryl methyl sites for hydroxylation is 1. The first-order chi connectivity index (χ1) is 15.4. The van der Waals surface area contributed by atoms with Crippen molar-refractivity contribution in [3.8, 4) is 0 Å². The maximum Gasteiger partial charge on any atom is 0.293 e. The molecule has 0 atom stereocenters. The summed E-state index contributed by atoms with van der Waals surface area (Å²) in [5, 5.41) is 4.46. The van der Waals surface area contributed by atoms with E-state index in [4.69, 9.17) is 0 Å². The lowest BCUT2D eigenvalue weighted by atomic mass is 10.2. The summed E-state index contributed by atoms with van der Waals surface area (Å²) in [5.74, 6) is -1.34. The molecule has 1 N–H and O–H groups in total. The molecular formula is C21H17FN4O4S2. The zero-order chi connectivity index (χ0) is 22.7. The van der Waals surface area contributed by atoms with Gasteiger partial charge in [-0.05, 0) is 35.4 Å². The second-order valence-electron chi connectivity index (χ2n) is 6.84. The lowest BCUT2D eigenvalue weighted by molar-refractivity contribution is -0.124. The van der Waals surface area contributed by atoms with Gasteiger partial charge in [-0.2, -0.15) is 0 Å². The van der Waals surface area contributed by atoms with Crippen LogP contribution >= 0.6 is 23.1 Å². The van der Waals surface area contributed by atoms with Crippen LogP contribution in [-0.4, -0.2) is 44.6 Å². The van der Waals surface area contributed by atoms with Crippen LogP contribution in [0.25, 0.3) is 16.3 Å². The highest BCUT2D eigenvalue weighted by molar-refractivity contribution is 8.18. The van der Waals surface area contributed by atoms with Gasteiger partial charge >= 0.3 is 0 Å². The molecule has 0 saturated carbocycles. The summed E-state index contributed by atoms with van der Waals surface area (Å²) < 4.78 is 15.2. The lowest BCUT2D eigenvalue weighted by Crippen LogP contribution is -2.37. The zero-order valence-electron chi connectivity index (χ0n) is 16.6. The summed E-state index contributed by atoms with van der Waals surface area (Å²) >= 11 is 2.10. The number of aromatic nitrogens is 2. The van der Waals surface area contributed by atoms with Crippen LogP contribution in [0.1, 0.15) is 12.0 Å². The third kappa shape index (κ3) is 4.63. The number of nitrogens with one attached hydrogen (secondary N) is 1. The highest BCUT2D eigenvalue weighted by atomic mass is 32.2. The number of thioether (sulfide) groups is 1. The van der Waals surface area contributed by atoms with Crippen molar-refractivity contribution in [2.24, 2.45) is 0 Å². The third-order valence-corrected chi connectivity index (χ3v) is 6.48. The molecule has 0 radical (unpaired) electrons. The number of halogens is 1. The largest absolute Gasteiger partial charge is 0.354 e. The molecule has 1 fully saturated rings. The van der Waals surface area contributed by atoms with Crippen LogP contribution in [0.15, 0.2) is 51.7 Å². The Morgan fingerprint density at radius 3 is 2.78 bits per heavy atom. The van der Waals surface area contributed by atoms with Crippen molar-refractivity contribution in [1.29, 1.82) is 0 Å². The van der Waals surface area contributed by atoms with E-state index in [9.17, 15) is 23.6 Å². The predicted molar refractivity (Wildman–Crippen MR) is 121 cm³/mol. The molecule has 2 aromatic heterocycles. The molecule has 11 heteroatoms. The number of fused-ring (bicyclic) bond motifs is 1. The summed E-state index contributed by atoms with van der Waals surface area (Å²) in [6.45, 7) is 0.227. The second-order valence-corrected chi connectivity index (χ2v) is 8.73. The molecule has 1 aliphatic rings. The lowest BCUT2D eigenvalue weighted by Gasteiger charge is -2.13. The van der Waals surface area contributed by atoms with Crippen molar-refractivity contribution in [2.45, 2.75) is 13.0 Å². The third-order valence-electron chi connectivity index (χ3n) is 4.75. The van der Waals surface area contributed by atoms with Crippen molar-refractivity contribution in [3.63, 3.8) is 0 Å². The topological polar surface area (TPSA) is 101 Å². The molecule has 3 heterocycles. The fourth-order valence-electron chi connectivity index (χ4n) is 3.10. The van der Waals surface area contributed by atoms with E-state index < -0.39 is 17.0 Å². The van der Waals surface area contributed by atoms with Crippen molar-refractivity contribution in [3.05, 3.63) is 68.7 Å². The maximum atomic E-state index is 13.8. The van der Waals surface area contributed by atoms with Gasteiger partial charge in [-0.3, -0.25) is 28.6 Å². The number of amides is 3. The van der Waals surface area contributed by atoms with Crippen LogP contribution in [0.3, 0.4) is 0 Å². The van der Waals surface area contributed by atoms with Crippen LogP contribution < -0.4 is 10.9 Å². The number of imide groups is 1. The van der Waals surface area contributed by atoms with Crippen LogP contribution in [0.5, 0.6) is 0 Å². The van der Waals surface area contributed by atoms with Crippen LogP contribution in [0, 0.1) is 5.82 Å². The van der Waals surface area contributed by atoms with E-state index in [1.54, 1.807) is 17.5 Å². The average Bonchev–Trinajstić information content (AvgIpc) is 3.35. The molecule has 1 aromatic carbocycles. The fourth-order valence-corrected chi connectivity index (χ4v) is 4.68. The van der Waals surface area contributed by atoms with Gasteiger partial charge in [-0.25, -0.2) is 9.37 Å². The first kappa shape index (κ1) is 21.9. The SMILES string of the molecule is O=C(CCn1cnc2sccc2c1=O)NCCN1C(=O)S/C(=C\c2ccccc2F)C1=O. The minimum Gasteiger partial charge on any atom is -0.354 e. The number of carbonyl (C=O) groups excluding carboxylic acids is 3. The van der Waals surface area contributed by atoms with Crippen molar-refractivity contribution < 1.29 is 18.8 Å². The van der Waals surface area contributed by atoms with Gasteiger partial charge in [0.05, 0.1) is 16.6 Å². The Labute approximate surface area is 189 Å². The Hall–Kier alpha value is -3.31. The van der Waals surface area contributed by atoms with Gasteiger partial charge < -0.3 is 5.32 Å². The number of hydrogen-bond acceptors (Lipinski definition) is 7. The molecule has 1 aliphatic heterocycles. The van der Waals surface area contributed by atoms with Crippen molar-refractivity contribution >= 4 is 56.4 Å². The van der Waals surface area contributed by atoms with Gasteiger partial charge in [-0.1, -0.05) is 18.2 Å². The van der Waals surface area contributed by atoms with Gasteiger partial charge in [0.2, 0.25) is 5.91 Å². The van der Waals surface area contributed by atoms with E-state index >= 15 is 0 Å². The van der Waals surface area contributed by atoms with Gasteiger partial charge in [0.1, 0.15) is 10.6 Å². The van der Waals surface area contributed by atoms with Gasteiger partial charge in [0.15, 0.2) is 0 Å². The summed E-state index contributed by atoms with van der Waals surface area (Å²) in [7, 11) is 0. The molecule has 0 unspecified atom stereocenters. The number of hydrogen-bond donors (Lipinski definition) is 1. The number of rotatable bonds is 7. The predicted octanol–water partition coefficient (Wildman–Crippen LogP) is 2.84. The second kappa shape index (κ2) is 9.45. The molecule has 3 amide bonds. The average molecular weight is 473 g/mol. The summed E-state index contributed by atoms with van der Waals surface area (Å²) in [4.78, 5) is 55.1. The molecule has 3 aromatic rings. The molecule has 32 heavy (non-hydrogen) atoms. The summed E-state index contributed by atoms with van der Waals surface area (Å²) in [6.07, 6.45) is 2.80. The number of benzene rings is 1. The highest BCUT2D eigenvalue weighted by Gasteiger charge is 2.34.